The van der Waals surface area contributed by atoms with Crippen molar-refractivity contribution < 1.29 is 14.4 Å². The van der Waals surface area contributed by atoms with Crippen molar-refractivity contribution in [2.75, 3.05) is 6.54 Å². The Bertz CT molecular complexity index is 1270. The van der Waals surface area contributed by atoms with E-state index >= 15 is 0 Å². The van der Waals surface area contributed by atoms with Gasteiger partial charge in [0.15, 0.2) is 5.69 Å². The number of nitrogens with zero attached hydrogens (tertiary/aromatic N) is 4. The molecular weight excluding hydrogens is 454 g/mol. The SMILES string of the molecule is CCN(Cc1ccccc1)C(=O)c1ncn2c1C(=O)N(C1CC1)C(C)(C(=O)NCc1ccccc1)C2. The van der Waals surface area contributed by atoms with Gasteiger partial charge in [0.1, 0.15) is 11.2 Å². The Morgan fingerprint density at radius 1 is 1.06 bits per heavy atom. The standard InChI is InChI=1S/C28H31N5O3/c1-3-31(17-21-12-8-5-9-13-21)25(34)23-24-26(35)33(22-14-15-22)28(2,18-32(24)19-30-23)27(36)29-16-20-10-6-4-7-11-20/h4-13,19,22H,3,14-18H2,1-2H3,(H,29,36). The lowest BCUT2D eigenvalue weighted by Crippen LogP contribution is -2.64. The third-order valence-corrected chi connectivity index (χ3v) is 7.05. The molecular formula is C28H31N5O3. The van der Waals surface area contributed by atoms with E-state index in [9.17, 15) is 14.4 Å². The number of amides is 3. The van der Waals surface area contributed by atoms with Crippen LogP contribution >= 0.6 is 0 Å². The molecule has 1 saturated carbocycles. The first kappa shape index (κ1) is 23.8. The van der Waals surface area contributed by atoms with Crippen LogP contribution in [-0.2, 0) is 24.4 Å². The molecule has 2 aromatic carbocycles. The molecule has 36 heavy (non-hydrogen) atoms. The molecule has 8 heteroatoms. The van der Waals surface area contributed by atoms with Gasteiger partial charge in [-0.1, -0.05) is 60.7 Å². The number of carbonyl (C=O) groups is 3. The molecule has 1 unspecified atom stereocenters. The molecule has 3 aromatic rings. The normalized spacial score (nSPS) is 19.1. The van der Waals surface area contributed by atoms with Crippen molar-refractivity contribution in [2.45, 2.75) is 57.9 Å². The molecule has 1 aliphatic heterocycles. The zero-order valence-corrected chi connectivity index (χ0v) is 20.7. The van der Waals surface area contributed by atoms with Gasteiger partial charge in [-0.25, -0.2) is 4.98 Å². The van der Waals surface area contributed by atoms with Gasteiger partial charge in [0, 0.05) is 25.7 Å². The molecule has 5 rings (SSSR count). The number of aromatic nitrogens is 2. The maximum Gasteiger partial charge on any atom is 0.275 e. The van der Waals surface area contributed by atoms with Gasteiger partial charge in [-0.05, 0) is 37.8 Å². The Morgan fingerprint density at radius 3 is 2.31 bits per heavy atom. The highest BCUT2D eigenvalue weighted by molar-refractivity contribution is 6.07. The van der Waals surface area contributed by atoms with Crippen LogP contribution in [0.4, 0.5) is 0 Å². The van der Waals surface area contributed by atoms with Gasteiger partial charge in [-0.3, -0.25) is 14.4 Å². The number of rotatable bonds is 8. The van der Waals surface area contributed by atoms with Crippen molar-refractivity contribution in [2.24, 2.45) is 0 Å². The smallest absolute Gasteiger partial charge is 0.275 e. The molecule has 1 aliphatic carbocycles. The molecule has 186 valence electrons. The highest BCUT2D eigenvalue weighted by Crippen LogP contribution is 2.39. The molecule has 3 amide bonds. The Balaban J connectivity index is 1.41. The second-order valence-corrected chi connectivity index (χ2v) is 9.72. The van der Waals surface area contributed by atoms with E-state index in [-0.39, 0.29) is 41.7 Å². The minimum atomic E-state index is -1.07. The third-order valence-electron chi connectivity index (χ3n) is 7.05. The Morgan fingerprint density at radius 2 is 1.69 bits per heavy atom. The Kier molecular flexibility index (Phi) is 6.35. The second-order valence-electron chi connectivity index (χ2n) is 9.72. The lowest BCUT2D eigenvalue weighted by atomic mass is 9.93. The van der Waals surface area contributed by atoms with Crippen molar-refractivity contribution in [1.82, 2.24) is 24.7 Å². The first-order chi connectivity index (χ1) is 17.4. The highest BCUT2D eigenvalue weighted by Gasteiger charge is 2.53. The summed E-state index contributed by atoms with van der Waals surface area (Å²) in [5.74, 6) is -0.799. The van der Waals surface area contributed by atoms with Crippen molar-refractivity contribution >= 4 is 17.7 Å². The van der Waals surface area contributed by atoms with Crippen LogP contribution in [0.1, 0.15) is 58.8 Å². The van der Waals surface area contributed by atoms with Crippen LogP contribution in [0.25, 0.3) is 0 Å². The second kappa shape index (κ2) is 9.60. The lowest BCUT2D eigenvalue weighted by molar-refractivity contribution is -0.133. The van der Waals surface area contributed by atoms with E-state index in [0.29, 0.717) is 19.6 Å². The summed E-state index contributed by atoms with van der Waals surface area (Å²) < 4.78 is 1.67. The summed E-state index contributed by atoms with van der Waals surface area (Å²) >= 11 is 0. The Labute approximate surface area is 210 Å². The monoisotopic (exact) mass is 485 g/mol. The topological polar surface area (TPSA) is 87.5 Å². The molecule has 2 aliphatic rings. The summed E-state index contributed by atoms with van der Waals surface area (Å²) in [5, 5.41) is 3.02. The first-order valence-corrected chi connectivity index (χ1v) is 12.5. The molecule has 1 fully saturated rings. The van der Waals surface area contributed by atoms with Gasteiger partial charge >= 0.3 is 0 Å². The largest absolute Gasteiger partial charge is 0.350 e. The van der Waals surface area contributed by atoms with E-state index in [1.165, 1.54) is 6.33 Å². The van der Waals surface area contributed by atoms with E-state index in [2.05, 4.69) is 10.3 Å². The Hall–Kier alpha value is -3.94. The lowest BCUT2D eigenvalue weighted by Gasteiger charge is -2.44. The fourth-order valence-electron chi connectivity index (χ4n) is 4.96. The van der Waals surface area contributed by atoms with Gasteiger partial charge in [0.2, 0.25) is 5.91 Å². The molecule has 0 bridgehead atoms. The van der Waals surface area contributed by atoms with E-state index in [1.807, 2.05) is 74.5 Å². The number of hydrogen-bond acceptors (Lipinski definition) is 4. The van der Waals surface area contributed by atoms with Crippen LogP contribution in [-0.4, -0.2) is 55.2 Å². The van der Waals surface area contributed by atoms with Crippen LogP contribution in [0.5, 0.6) is 0 Å². The average Bonchev–Trinajstić information content (AvgIpc) is 3.64. The summed E-state index contributed by atoms with van der Waals surface area (Å²) in [4.78, 5) is 48.6. The van der Waals surface area contributed by atoms with Crippen molar-refractivity contribution in [3.63, 3.8) is 0 Å². The van der Waals surface area contributed by atoms with Gasteiger partial charge in [-0.2, -0.15) is 0 Å². The van der Waals surface area contributed by atoms with E-state index < -0.39 is 5.54 Å². The maximum absolute atomic E-state index is 13.9. The molecule has 1 N–H and O–H groups in total. The molecule has 2 heterocycles. The molecule has 0 saturated heterocycles. The van der Waals surface area contributed by atoms with Crippen LogP contribution < -0.4 is 5.32 Å². The quantitative estimate of drug-likeness (QED) is 0.531. The van der Waals surface area contributed by atoms with Gasteiger partial charge < -0.3 is 19.7 Å². The molecule has 1 atom stereocenters. The predicted molar refractivity (Wildman–Crippen MR) is 135 cm³/mol. The van der Waals surface area contributed by atoms with Crippen LogP contribution in [0.15, 0.2) is 67.0 Å². The predicted octanol–water partition coefficient (Wildman–Crippen LogP) is 3.24. The summed E-state index contributed by atoms with van der Waals surface area (Å²) in [6.45, 7) is 5.27. The van der Waals surface area contributed by atoms with E-state index in [4.69, 9.17) is 0 Å². The van der Waals surface area contributed by atoms with Crippen molar-refractivity contribution in [3.05, 3.63) is 89.5 Å². The summed E-state index contributed by atoms with van der Waals surface area (Å²) in [6, 6.07) is 19.4. The zero-order valence-electron chi connectivity index (χ0n) is 20.7. The number of carbonyl (C=O) groups excluding carboxylic acids is 3. The molecule has 1 aromatic heterocycles. The van der Waals surface area contributed by atoms with Crippen molar-refractivity contribution in [3.8, 4) is 0 Å². The highest BCUT2D eigenvalue weighted by atomic mass is 16.2. The third kappa shape index (κ3) is 4.39. The summed E-state index contributed by atoms with van der Waals surface area (Å²) in [7, 11) is 0. The van der Waals surface area contributed by atoms with Crippen LogP contribution in [0.3, 0.4) is 0 Å². The molecule has 0 radical (unpaired) electrons. The number of hydrogen-bond donors (Lipinski definition) is 1. The zero-order chi connectivity index (χ0) is 25.3. The number of imidazole rings is 1. The minimum absolute atomic E-state index is 0.0109. The summed E-state index contributed by atoms with van der Waals surface area (Å²) in [6.07, 6.45) is 3.21. The molecule has 0 spiro atoms. The summed E-state index contributed by atoms with van der Waals surface area (Å²) in [5.41, 5.74) is 1.34. The van der Waals surface area contributed by atoms with E-state index in [0.717, 1.165) is 24.0 Å². The number of benzene rings is 2. The van der Waals surface area contributed by atoms with E-state index in [1.54, 1.807) is 14.4 Å². The fraction of sp³-hybridized carbons (Fsp3) is 0.357. The number of fused-ring (bicyclic) bond motifs is 1. The number of nitrogens with one attached hydrogen (secondary N) is 1. The van der Waals surface area contributed by atoms with Crippen molar-refractivity contribution in [1.29, 1.82) is 0 Å². The maximum atomic E-state index is 13.9. The van der Waals surface area contributed by atoms with Gasteiger partial charge in [0.05, 0.1) is 12.9 Å². The fourth-order valence-corrected chi connectivity index (χ4v) is 4.96. The van der Waals surface area contributed by atoms with Crippen LogP contribution in [0.2, 0.25) is 0 Å². The van der Waals surface area contributed by atoms with Crippen LogP contribution in [0, 0.1) is 0 Å². The molecule has 8 nitrogen and oxygen atoms in total. The average molecular weight is 486 g/mol. The minimum Gasteiger partial charge on any atom is -0.350 e. The van der Waals surface area contributed by atoms with Gasteiger partial charge in [-0.15, -0.1) is 0 Å². The first-order valence-electron chi connectivity index (χ1n) is 12.5. The van der Waals surface area contributed by atoms with Gasteiger partial charge in [0.25, 0.3) is 11.8 Å².